The quantitative estimate of drug-likeness (QED) is 0.320. The number of anilines is 1. The minimum atomic E-state index is -0.215. The Morgan fingerprint density at radius 3 is 2.35 bits per heavy atom. The maximum absolute atomic E-state index is 12.6. The topological polar surface area (TPSA) is 60.9 Å². The van der Waals surface area contributed by atoms with Gasteiger partial charge in [0.2, 0.25) is 0 Å². The minimum Gasteiger partial charge on any atom is -0.492 e. The lowest BCUT2D eigenvalue weighted by molar-refractivity contribution is 0.0946. The molecule has 40 heavy (non-hydrogen) atoms. The molecule has 3 aromatic rings. The average molecular weight is 603 g/mol. The van der Waals surface area contributed by atoms with E-state index in [0.717, 1.165) is 70.2 Å². The molecule has 1 amide bonds. The fourth-order valence-electron chi connectivity index (χ4n) is 5.38. The molecular weight excluding hydrogens is 569 g/mol. The molecule has 2 aliphatic rings. The first-order valence-electron chi connectivity index (χ1n) is 13.7. The van der Waals surface area contributed by atoms with Gasteiger partial charge in [-0.2, -0.15) is 0 Å². The number of nitrogens with zero attached hydrogens (tertiary/aromatic N) is 4. The summed E-state index contributed by atoms with van der Waals surface area (Å²) in [6, 6.07) is 17.7. The number of pyridine rings is 1. The fourth-order valence-corrected chi connectivity index (χ4v) is 5.98. The van der Waals surface area contributed by atoms with Crippen molar-refractivity contribution in [1.29, 1.82) is 0 Å². The van der Waals surface area contributed by atoms with Crippen LogP contribution in [-0.4, -0.2) is 79.2 Å². The van der Waals surface area contributed by atoms with Gasteiger partial charge in [0, 0.05) is 45.0 Å². The number of carbonyl (C=O) groups excluding carboxylic acids is 1. The van der Waals surface area contributed by atoms with Crippen molar-refractivity contribution < 1.29 is 9.53 Å². The van der Waals surface area contributed by atoms with Crippen LogP contribution in [0, 0.1) is 0 Å². The highest BCUT2D eigenvalue weighted by atomic mass is 35.5. The van der Waals surface area contributed by atoms with E-state index in [-0.39, 0.29) is 5.91 Å². The number of para-hydroxylation sites is 1. The summed E-state index contributed by atoms with van der Waals surface area (Å²) in [5.74, 6) is 1.30. The molecule has 2 aromatic carbocycles. The largest absolute Gasteiger partial charge is 0.492 e. The van der Waals surface area contributed by atoms with E-state index in [4.69, 9.17) is 39.5 Å². The molecule has 0 aliphatic carbocycles. The summed E-state index contributed by atoms with van der Waals surface area (Å²) in [6.07, 6.45) is 3.91. The van der Waals surface area contributed by atoms with Crippen LogP contribution < -0.4 is 15.0 Å². The van der Waals surface area contributed by atoms with E-state index in [1.807, 2.05) is 42.5 Å². The Morgan fingerprint density at radius 2 is 1.65 bits per heavy atom. The summed E-state index contributed by atoms with van der Waals surface area (Å²) in [6.45, 7) is 7.48. The number of piperidine rings is 1. The van der Waals surface area contributed by atoms with Gasteiger partial charge >= 0.3 is 0 Å². The predicted octanol–water partition coefficient (Wildman–Crippen LogP) is 5.64. The first-order valence-corrected chi connectivity index (χ1v) is 14.9. The Bertz CT molecular complexity index is 1280. The number of likely N-dealkylation sites (tertiary alicyclic amines) is 1. The first-order chi connectivity index (χ1) is 19.5. The minimum absolute atomic E-state index is 0.215. The monoisotopic (exact) mass is 601 g/mol. The number of amides is 1. The summed E-state index contributed by atoms with van der Waals surface area (Å²) in [7, 11) is 0. The van der Waals surface area contributed by atoms with Crippen LogP contribution in [0.3, 0.4) is 0 Å². The third-order valence-electron chi connectivity index (χ3n) is 7.56. The molecular formula is C30H34Cl3N5O2. The highest BCUT2D eigenvalue weighted by Gasteiger charge is 2.28. The number of hydrogen-bond acceptors (Lipinski definition) is 6. The van der Waals surface area contributed by atoms with Crippen LogP contribution in [0.15, 0.2) is 60.8 Å². The number of hydrogen-bond donors (Lipinski definition) is 1. The van der Waals surface area contributed by atoms with Gasteiger partial charge in [-0.15, -0.1) is 0 Å². The van der Waals surface area contributed by atoms with Gasteiger partial charge in [0.25, 0.3) is 5.91 Å². The second-order valence-electron chi connectivity index (χ2n) is 10.2. The smallest absolute Gasteiger partial charge is 0.253 e. The van der Waals surface area contributed by atoms with Crippen LogP contribution >= 0.6 is 34.8 Å². The third kappa shape index (κ3) is 7.59. The highest BCUT2D eigenvalue weighted by molar-refractivity contribution is 6.42. The number of benzene rings is 2. The van der Waals surface area contributed by atoms with E-state index < -0.39 is 0 Å². The van der Waals surface area contributed by atoms with Gasteiger partial charge in [0.05, 0.1) is 27.2 Å². The van der Waals surface area contributed by atoms with Crippen molar-refractivity contribution in [2.75, 3.05) is 57.3 Å². The molecule has 7 nitrogen and oxygen atoms in total. The van der Waals surface area contributed by atoms with E-state index in [2.05, 4.69) is 31.1 Å². The van der Waals surface area contributed by atoms with Crippen molar-refractivity contribution in [3.05, 3.63) is 87.0 Å². The Labute approximate surface area is 251 Å². The average Bonchev–Trinajstić information content (AvgIpc) is 2.98. The van der Waals surface area contributed by atoms with Crippen molar-refractivity contribution in [3.8, 4) is 5.75 Å². The van der Waals surface area contributed by atoms with Gasteiger partial charge in [0.15, 0.2) is 0 Å². The van der Waals surface area contributed by atoms with Crippen molar-refractivity contribution in [1.82, 2.24) is 20.1 Å². The van der Waals surface area contributed by atoms with Crippen LogP contribution in [-0.2, 0) is 6.54 Å². The summed E-state index contributed by atoms with van der Waals surface area (Å²) in [4.78, 5) is 24.4. The van der Waals surface area contributed by atoms with Crippen LogP contribution in [0.25, 0.3) is 0 Å². The van der Waals surface area contributed by atoms with Crippen molar-refractivity contribution in [2.45, 2.75) is 25.4 Å². The lowest BCUT2D eigenvalue weighted by Gasteiger charge is -2.43. The Hall–Kier alpha value is -2.55. The summed E-state index contributed by atoms with van der Waals surface area (Å²) < 4.78 is 5.63. The molecule has 212 valence electrons. The number of rotatable bonds is 9. The van der Waals surface area contributed by atoms with Gasteiger partial charge in [-0.3, -0.25) is 14.6 Å². The van der Waals surface area contributed by atoms with Gasteiger partial charge in [0.1, 0.15) is 18.2 Å². The second kappa shape index (κ2) is 13.9. The number of aromatic nitrogens is 1. The molecule has 0 spiro atoms. The molecule has 0 unspecified atom stereocenters. The molecule has 3 heterocycles. The highest BCUT2D eigenvalue weighted by Crippen LogP contribution is 2.28. The normalized spacial score (nSPS) is 17.1. The van der Waals surface area contributed by atoms with Crippen molar-refractivity contribution >= 4 is 46.5 Å². The maximum atomic E-state index is 12.6. The molecule has 0 saturated carbocycles. The van der Waals surface area contributed by atoms with Crippen LogP contribution in [0.1, 0.15) is 28.8 Å². The van der Waals surface area contributed by atoms with Crippen LogP contribution in [0.2, 0.25) is 15.1 Å². The van der Waals surface area contributed by atoms with Crippen LogP contribution in [0.4, 0.5) is 5.82 Å². The predicted molar refractivity (Wildman–Crippen MR) is 162 cm³/mol. The van der Waals surface area contributed by atoms with Crippen molar-refractivity contribution in [3.63, 3.8) is 0 Å². The number of halogens is 3. The second-order valence-corrected chi connectivity index (χ2v) is 11.4. The van der Waals surface area contributed by atoms with Gasteiger partial charge in [-0.1, -0.05) is 59.1 Å². The van der Waals surface area contributed by atoms with E-state index in [1.165, 1.54) is 5.56 Å². The number of carbonyl (C=O) groups is 1. The molecule has 2 fully saturated rings. The summed E-state index contributed by atoms with van der Waals surface area (Å²) in [5.41, 5.74) is 1.64. The number of nitrogens with one attached hydrogen (secondary N) is 1. The summed E-state index contributed by atoms with van der Waals surface area (Å²) >= 11 is 18.8. The van der Waals surface area contributed by atoms with Crippen molar-refractivity contribution in [2.24, 2.45) is 0 Å². The lowest BCUT2D eigenvalue weighted by Crippen LogP contribution is -2.53. The SMILES string of the molecule is O=C(NCCOc1ccccc1)c1cnc(N2CCN(C3CCN(Cc4ccc(Cl)c(Cl)c4)CC3)CC2)c(Cl)c1. The Morgan fingerprint density at radius 1 is 0.900 bits per heavy atom. The molecule has 1 aromatic heterocycles. The first kappa shape index (κ1) is 29.0. The van der Waals surface area contributed by atoms with Gasteiger partial charge in [-0.25, -0.2) is 4.98 Å². The molecule has 1 N–H and O–H groups in total. The molecule has 10 heteroatoms. The number of ether oxygens (including phenoxy) is 1. The maximum Gasteiger partial charge on any atom is 0.253 e. The standard InChI is InChI=1S/C30H34Cl3N5O2/c31-26-7-6-22(18-27(26)32)21-36-11-8-24(9-12-36)37-13-15-38(16-14-37)29-28(33)19-23(20-35-29)30(39)34-10-17-40-25-4-2-1-3-5-25/h1-7,18-20,24H,8-17,21H2,(H,34,39). The molecule has 0 atom stereocenters. The van der Waals surface area contributed by atoms with E-state index in [0.29, 0.717) is 39.8 Å². The third-order valence-corrected chi connectivity index (χ3v) is 8.58. The van der Waals surface area contributed by atoms with E-state index >= 15 is 0 Å². The molecule has 0 radical (unpaired) electrons. The lowest BCUT2D eigenvalue weighted by atomic mass is 10.0. The Balaban J connectivity index is 1.05. The zero-order chi connectivity index (χ0) is 27.9. The van der Waals surface area contributed by atoms with Gasteiger partial charge < -0.3 is 15.0 Å². The molecule has 2 aliphatic heterocycles. The molecule has 0 bridgehead atoms. The van der Waals surface area contributed by atoms with Crippen LogP contribution in [0.5, 0.6) is 5.75 Å². The van der Waals surface area contributed by atoms with E-state index in [1.54, 1.807) is 12.3 Å². The fraction of sp³-hybridized carbons (Fsp3) is 0.400. The molecule has 2 saturated heterocycles. The number of piperazine rings is 1. The zero-order valence-electron chi connectivity index (χ0n) is 22.4. The van der Waals surface area contributed by atoms with E-state index in [9.17, 15) is 4.79 Å². The van der Waals surface area contributed by atoms with Gasteiger partial charge in [-0.05, 0) is 61.8 Å². The Kier molecular flexibility index (Phi) is 10.0. The molecule has 5 rings (SSSR count). The zero-order valence-corrected chi connectivity index (χ0v) is 24.6. The summed E-state index contributed by atoms with van der Waals surface area (Å²) in [5, 5.41) is 4.57.